The van der Waals surface area contributed by atoms with Gasteiger partial charge >= 0.3 is 0 Å². The summed E-state index contributed by atoms with van der Waals surface area (Å²) in [6, 6.07) is 13.9. The fourth-order valence-electron chi connectivity index (χ4n) is 4.22. The van der Waals surface area contributed by atoms with Gasteiger partial charge < -0.3 is 18.9 Å². The van der Waals surface area contributed by atoms with Crippen molar-refractivity contribution in [3.05, 3.63) is 42.5 Å². The van der Waals surface area contributed by atoms with Crippen molar-refractivity contribution in [3.63, 3.8) is 0 Å². The van der Waals surface area contributed by atoms with Crippen molar-refractivity contribution in [2.75, 3.05) is 47.1 Å². The lowest BCUT2D eigenvalue weighted by Gasteiger charge is -2.26. The van der Waals surface area contributed by atoms with Crippen LogP contribution in [0.1, 0.15) is 32.6 Å². The molecule has 4 rings (SSSR count). The molecule has 1 aromatic heterocycles. The largest absolute Gasteiger partial charge is 0.497 e. The molecule has 1 saturated heterocycles. The van der Waals surface area contributed by atoms with E-state index in [4.69, 9.17) is 23.9 Å². The van der Waals surface area contributed by atoms with Gasteiger partial charge in [0.1, 0.15) is 29.6 Å². The monoisotopic (exact) mass is 450 g/mol. The maximum atomic E-state index is 6.35. The second kappa shape index (κ2) is 11.2. The zero-order chi connectivity index (χ0) is 23.0. The van der Waals surface area contributed by atoms with E-state index in [1.807, 2.05) is 42.5 Å². The summed E-state index contributed by atoms with van der Waals surface area (Å²) in [5, 5.41) is 0.864. The lowest BCUT2D eigenvalue weighted by Crippen LogP contribution is -2.33. The Labute approximate surface area is 196 Å². The Kier molecular flexibility index (Phi) is 7.89. The number of rotatable bonds is 10. The summed E-state index contributed by atoms with van der Waals surface area (Å²) in [6.07, 6.45) is 4.86. The van der Waals surface area contributed by atoms with Gasteiger partial charge in [0.2, 0.25) is 0 Å². The summed E-state index contributed by atoms with van der Waals surface area (Å²) >= 11 is 0. The lowest BCUT2D eigenvalue weighted by molar-refractivity contribution is 0.184. The molecule has 0 saturated carbocycles. The molecule has 0 radical (unpaired) electrons. The van der Waals surface area contributed by atoms with Gasteiger partial charge in [-0.25, -0.2) is 4.98 Å². The summed E-state index contributed by atoms with van der Waals surface area (Å²) in [4.78, 5) is 7.40. The molecular weight excluding hydrogens is 416 g/mol. The number of methoxy groups -OCH3 is 2. The predicted octanol–water partition coefficient (Wildman–Crippen LogP) is 5.57. The summed E-state index contributed by atoms with van der Waals surface area (Å²) in [7, 11) is 3.31. The zero-order valence-electron chi connectivity index (χ0n) is 19.9. The first kappa shape index (κ1) is 23.2. The van der Waals surface area contributed by atoms with Crippen LogP contribution in [0.2, 0.25) is 0 Å². The summed E-state index contributed by atoms with van der Waals surface area (Å²) in [6.45, 7) is 6.65. The maximum Gasteiger partial charge on any atom is 0.135 e. The Morgan fingerprint density at radius 3 is 2.30 bits per heavy atom. The van der Waals surface area contributed by atoms with Gasteiger partial charge in [-0.3, -0.25) is 4.90 Å². The summed E-state index contributed by atoms with van der Waals surface area (Å²) < 4.78 is 23.2. The van der Waals surface area contributed by atoms with Crippen LogP contribution in [0.3, 0.4) is 0 Å². The van der Waals surface area contributed by atoms with Gasteiger partial charge in [0.05, 0.1) is 37.4 Å². The molecule has 3 aromatic rings. The molecule has 1 aliphatic rings. The van der Waals surface area contributed by atoms with E-state index >= 15 is 0 Å². The van der Waals surface area contributed by atoms with Crippen molar-refractivity contribution in [3.8, 4) is 34.3 Å². The molecule has 176 valence electrons. The Morgan fingerprint density at radius 2 is 1.61 bits per heavy atom. The van der Waals surface area contributed by atoms with E-state index in [-0.39, 0.29) is 0 Å². The second-order valence-corrected chi connectivity index (χ2v) is 8.35. The number of hydrogen-bond acceptors (Lipinski definition) is 6. The molecule has 1 aliphatic heterocycles. The first-order valence-electron chi connectivity index (χ1n) is 11.9. The van der Waals surface area contributed by atoms with E-state index in [0.29, 0.717) is 24.7 Å². The Bertz CT molecular complexity index is 1050. The van der Waals surface area contributed by atoms with Crippen LogP contribution < -0.4 is 18.9 Å². The first-order valence-corrected chi connectivity index (χ1v) is 11.9. The second-order valence-electron chi connectivity index (χ2n) is 8.35. The van der Waals surface area contributed by atoms with Crippen molar-refractivity contribution >= 4 is 10.9 Å². The predicted molar refractivity (Wildman–Crippen MR) is 132 cm³/mol. The van der Waals surface area contributed by atoms with Crippen LogP contribution >= 0.6 is 0 Å². The van der Waals surface area contributed by atoms with E-state index in [2.05, 4.69) is 11.8 Å². The third-order valence-electron chi connectivity index (χ3n) is 6.00. The van der Waals surface area contributed by atoms with Gasteiger partial charge in [0, 0.05) is 30.3 Å². The van der Waals surface area contributed by atoms with Gasteiger partial charge in [0.25, 0.3) is 0 Å². The number of fused-ring (bicyclic) bond motifs is 1. The number of aromatic nitrogens is 1. The number of piperidine rings is 1. The molecule has 0 unspecified atom stereocenters. The van der Waals surface area contributed by atoms with Crippen LogP contribution in [0.5, 0.6) is 23.0 Å². The molecule has 0 amide bonds. The molecule has 0 N–H and O–H groups in total. The smallest absolute Gasteiger partial charge is 0.135 e. The van der Waals surface area contributed by atoms with Crippen LogP contribution in [0.4, 0.5) is 0 Å². The molecule has 6 heteroatoms. The van der Waals surface area contributed by atoms with E-state index in [1.165, 1.54) is 19.3 Å². The normalized spacial score (nSPS) is 14.3. The topological polar surface area (TPSA) is 53.1 Å². The number of hydrogen-bond donors (Lipinski definition) is 0. The van der Waals surface area contributed by atoms with Crippen LogP contribution in [0.15, 0.2) is 42.5 Å². The number of pyridine rings is 1. The molecule has 0 bridgehead atoms. The number of benzene rings is 2. The highest BCUT2D eigenvalue weighted by Crippen LogP contribution is 2.39. The van der Waals surface area contributed by atoms with Crippen LogP contribution in [0, 0.1) is 0 Å². The average molecular weight is 451 g/mol. The van der Waals surface area contributed by atoms with Gasteiger partial charge in [-0.15, -0.1) is 0 Å². The first-order chi connectivity index (χ1) is 16.2. The van der Waals surface area contributed by atoms with E-state index in [9.17, 15) is 0 Å². The van der Waals surface area contributed by atoms with Gasteiger partial charge in [-0.2, -0.15) is 0 Å². The highest BCUT2D eigenvalue weighted by atomic mass is 16.5. The number of nitrogens with zero attached hydrogens (tertiary/aromatic N) is 2. The fourth-order valence-corrected chi connectivity index (χ4v) is 4.22. The van der Waals surface area contributed by atoms with Crippen molar-refractivity contribution < 1.29 is 18.9 Å². The molecule has 1 fully saturated rings. The fraction of sp³-hybridized carbons (Fsp3) is 0.444. The summed E-state index contributed by atoms with van der Waals surface area (Å²) in [5.41, 5.74) is 2.62. The molecule has 2 heterocycles. The van der Waals surface area contributed by atoms with E-state index < -0.39 is 0 Å². The van der Waals surface area contributed by atoms with Crippen molar-refractivity contribution in [1.82, 2.24) is 9.88 Å². The molecule has 2 aromatic carbocycles. The summed E-state index contributed by atoms with van der Waals surface area (Å²) in [5.74, 6) is 3.03. The minimum absolute atomic E-state index is 0.623. The maximum absolute atomic E-state index is 6.35. The van der Waals surface area contributed by atoms with E-state index in [1.54, 1.807) is 14.2 Å². The molecule has 33 heavy (non-hydrogen) atoms. The van der Waals surface area contributed by atoms with Crippen molar-refractivity contribution in [2.45, 2.75) is 32.6 Å². The highest BCUT2D eigenvalue weighted by molar-refractivity contribution is 5.94. The van der Waals surface area contributed by atoms with Crippen LogP contribution in [-0.4, -0.2) is 57.0 Å². The Balaban J connectivity index is 1.66. The minimum atomic E-state index is 0.623. The SMILES string of the molecule is CCCOc1ccc(-c2cc(OCCN3CCCCC3)c3c(OC)cc(OC)cc3n2)cc1. The average Bonchev–Trinajstić information content (AvgIpc) is 2.87. The Hall–Kier alpha value is -2.99. The quantitative estimate of drug-likeness (QED) is 0.402. The van der Waals surface area contributed by atoms with E-state index in [0.717, 1.165) is 59.7 Å². The standard InChI is InChI=1S/C27H34N2O4/c1-4-15-32-21-10-8-20(9-11-21)23-19-26(33-16-14-29-12-6-5-7-13-29)27-24(28-23)17-22(30-2)18-25(27)31-3/h8-11,17-19H,4-7,12-16H2,1-3H3. The third kappa shape index (κ3) is 5.69. The Morgan fingerprint density at radius 1 is 0.818 bits per heavy atom. The number of likely N-dealkylation sites (tertiary alicyclic amines) is 1. The minimum Gasteiger partial charge on any atom is -0.497 e. The van der Waals surface area contributed by atoms with Gasteiger partial charge in [-0.1, -0.05) is 13.3 Å². The third-order valence-corrected chi connectivity index (χ3v) is 6.00. The lowest BCUT2D eigenvalue weighted by atomic mass is 10.1. The van der Waals surface area contributed by atoms with Crippen molar-refractivity contribution in [2.24, 2.45) is 0 Å². The molecule has 0 atom stereocenters. The van der Waals surface area contributed by atoms with Crippen molar-refractivity contribution in [1.29, 1.82) is 0 Å². The van der Waals surface area contributed by atoms with Gasteiger partial charge in [0.15, 0.2) is 0 Å². The van der Waals surface area contributed by atoms with Crippen LogP contribution in [0.25, 0.3) is 22.2 Å². The van der Waals surface area contributed by atoms with Gasteiger partial charge in [-0.05, 0) is 56.6 Å². The molecule has 0 spiro atoms. The van der Waals surface area contributed by atoms with Crippen LogP contribution in [-0.2, 0) is 0 Å². The highest BCUT2D eigenvalue weighted by Gasteiger charge is 2.16. The molecular formula is C27H34N2O4. The molecule has 0 aliphatic carbocycles. The zero-order valence-corrected chi connectivity index (χ0v) is 19.9. The molecule has 6 nitrogen and oxygen atoms in total. The number of ether oxygens (including phenoxy) is 4.